The Hall–Kier alpha value is -1.20. The fourth-order valence-corrected chi connectivity index (χ4v) is 1.40. The third-order valence-electron chi connectivity index (χ3n) is 2.23. The van der Waals surface area contributed by atoms with Gasteiger partial charge in [-0.25, -0.2) is 0 Å². The molecule has 5 nitrogen and oxygen atoms in total. The molecular weight excluding hydrogens is 307 g/mol. The Balaban J connectivity index is 0.00000162. The van der Waals surface area contributed by atoms with E-state index in [0.717, 1.165) is 5.56 Å². The summed E-state index contributed by atoms with van der Waals surface area (Å²) in [6, 6.07) is 8.15. The van der Waals surface area contributed by atoms with Crippen molar-refractivity contribution in [2.24, 2.45) is 0 Å². The van der Waals surface area contributed by atoms with Crippen LogP contribution in [-0.2, 0) is 32.7 Å². The molecule has 2 aromatic rings. The third kappa shape index (κ3) is 3.18. The second kappa shape index (κ2) is 6.66. The van der Waals surface area contributed by atoms with Gasteiger partial charge in [0, 0.05) is 44.3 Å². The number of hydrogen-bond donors (Lipinski definition) is 1. The van der Waals surface area contributed by atoms with Crippen molar-refractivity contribution in [3.63, 3.8) is 0 Å². The molecule has 0 spiro atoms. The molecule has 0 bridgehead atoms. The number of nitrogens with zero attached hydrogens (tertiary/aromatic N) is 2. The van der Waals surface area contributed by atoms with E-state index < -0.39 is 0 Å². The van der Waals surface area contributed by atoms with Gasteiger partial charge in [-0.15, -0.1) is 6.07 Å². The molecule has 0 aromatic carbocycles. The van der Waals surface area contributed by atoms with Crippen LogP contribution in [0.3, 0.4) is 0 Å². The van der Waals surface area contributed by atoms with E-state index in [2.05, 4.69) is 16.0 Å². The van der Waals surface area contributed by atoms with Gasteiger partial charge in [0.2, 0.25) is 11.8 Å². The summed E-state index contributed by atoms with van der Waals surface area (Å²) in [6.45, 7) is 0. The van der Waals surface area contributed by atoms with Crippen LogP contribution in [0.1, 0.15) is 0 Å². The van der Waals surface area contributed by atoms with Gasteiger partial charge in [0.1, 0.15) is 0 Å². The first-order chi connectivity index (χ1) is 8.24. The fourth-order valence-electron chi connectivity index (χ4n) is 1.40. The summed E-state index contributed by atoms with van der Waals surface area (Å²) in [5.74, 6) is 0.944. The van der Waals surface area contributed by atoms with Gasteiger partial charge >= 0.3 is 0 Å². The molecule has 2 aromatic heterocycles. The van der Waals surface area contributed by atoms with Crippen LogP contribution in [0.4, 0.5) is 5.69 Å². The molecule has 2 heterocycles. The second-order valence-corrected chi connectivity index (χ2v) is 3.30. The van der Waals surface area contributed by atoms with Crippen LogP contribution in [0.25, 0.3) is 11.3 Å². The molecule has 0 aliphatic heterocycles. The summed E-state index contributed by atoms with van der Waals surface area (Å²) < 4.78 is 10.2. The fraction of sp³-hybridized carbons (Fsp3) is 0.167. The predicted octanol–water partition coefficient (Wildman–Crippen LogP) is 1.54. The molecule has 6 heteroatoms. The Morgan fingerprint density at radius 2 is 2.00 bits per heavy atom. The number of hydrogen-bond acceptors (Lipinski definition) is 5. The predicted molar refractivity (Wildman–Crippen MR) is 63.8 cm³/mol. The minimum atomic E-state index is 0. The summed E-state index contributed by atoms with van der Waals surface area (Å²) in [4.78, 5) is 8.37. The maximum atomic E-state index is 5.54. The monoisotopic (exact) mass is 319 g/mol. The van der Waals surface area contributed by atoms with E-state index in [4.69, 9.17) is 15.2 Å². The largest absolute Gasteiger partial charge is 0.481 e. The van der Waals surface area contributed by atoms with E-state index in [9.17, 15) is 0 Å². The minimum absolute atomic E-state index is 0. The number of nitrogen functional groups attached to an aromatic ring is 1. The first-order valence-electron chi connectivity index (χ1n) is 4.97. The Kier molecular flexibility index (Phi) is 5.50. The molecular formula is C12H12N3O2Y-. The smallest absolute Gasteiger partial charge is 0.216 e. The summed E-state index contributed by atoms with van der Waals surface area (Å²) in [5.41, 5.74) is 7.50. The number of nitrogens with two attached hydrogens (primary N) is 1. The van der Waals surface area contributed by atoms with Gasteiger partial charge in [-0.2, -0.15) is 11.1 Å². The van der Waals surface area contributed by atoms with Crippen LogP contribution in [0.2, 0.25) is 0 Å². The maximum Gasteiger partial charge on any atom is 0.216 e. The van der Waals surface area contributed by atoms with Crippen molar-refractivity contribution < 1.29 is 42.2 Å². The van der Waals surface area contributed by atoms with Crippen LogP contribution < -0.4 is 15.2 Å². The van der Waals surface area contributed by atoms with E-state index in [1.54, 1.807) is 32.5 Å². The van der Waals surface area contributed by atoms with Gasteiger partial charge < -0.3 is 20.2 Å². The van der Waals surface area contributed by atoms with Crippen molar-refractivity contribution in [3.8, 4) is 23.0 Å². The first-order valence-corrected chi connectivity index (χ1v) is 4.97. The number of aromatic nitrogens is 2. The average Bonchev–Trinajstić information content (AvgIpc) is 2.39. The van der Waals surface area contributed by atoms with E-state index in [1.807, 2.05) is 6.07 Å². The van der Waals surface area contributed by atoms with Gasteiger partial charge in [0.25, 0.3) is 0 Å². The Morgan fingerprint density at radius 1 is 1.22 bits per heavy atom. The van der Waals surface area contributed by atoms with Crippen LogP contribution in [-0.4, -0.2) is 24.2 Å². The van der Waals surface area contributed by atoms with E-state index in [0.29, 0.717) is 23.1 Å². The zero-order chi connectivity index (χ0) is 12.3. The van der Waals surface area contributed by atoms with Crippen LogP contribution in [0, 0.1) is 6.07 Å². The van der Waals surface area contributed by atoms with Crippen molar-refractivity contribution in [1.82, 2.24) is 9.97 Å². The minimum Gasteiger partial charge on any atom is -0.481 e. The van der Waals surface area contributed by atoms with Gasteiger partial charge in [0.05, 0.1) is 14.2 Å². The standard InChI is InChI=1S/C12H12N3O2.Y/c1-16-11-6-4-9(12(15-11)17-2)10-5-3-8(13)7-14-10;/h4-7H,13H2,1-2H3;/q-1;. The normalized spacial score (nSPS) is 9.44. The molecule has 0 aliphatic carbocycles. The van der Waals surface area contributed by atoms with Gasteiger partial charge in [-0.1, -0.05) is 18.0 Å². The number of rotatable bonds is 3. The average molecular weight is 319 g/mol. The number of methoxy groups -OCH3 is 2. The van der Waals surface area contributed by atoms with Gasteiger partial charge in [-0.05, 0) is 5.69 Å². The molecule has 2 rings (SSSR count). The van der Waals surface area contributed by atoms with Crippen molar-refractivity contribution in [2.45, 2.75) is 0 Å². The molecule has 1 radical (unpaired) electrons. The quantitative estimate of drug-likeness (QED) is 0.869. The van der Waals surface area contributed by atoms with Crippen molar-refractivity contribution in [2.75, 3.05) is 20.0 Å². The molecule has 0 unspecified atom stereocenters. The summed E-state index contributed by atoms with van der Waals surface area (Å²) in [5, 5.41) is 0. The summed E-state index contributed by atoms with van der Waals surface area (Å²) in [7, 11) is 3.10. The molecule has 0 atom stereocenters. The molecule has 2 N–H and O–H groups in total. The second-order valence-electron chi connectivity index (χ2n) is 3.30. The summed E-state index contributed by atoms with van der Waals surface area (Å²) >= 11 is 0. The number of pyridine rings is 2. The maximum absolute atomic E-state index is 5.54. The Bertz CT molecular complexity index is 517. The van der Waals surface area contributed by atoms with Crippen molar-refractivity contribution in [1.29, 1.82) is 0 Å². The van der Waals surface area contributed by atoms with Crippen molar-refractivity contribution in [3.05, 3.63) is 30.5 Å². The molecule has 0 amide bonds. The van der Waals surface area contributed by atoms with Crippen molar-refractivity contribution >= 4 is 5.69 Å². The Labute approximate surface area is 131 Å². The first kappa shape index (κ1) is 14.9. The molecule has 0 saturated carbocycles. The van der Waals surface area contributed by atoms with Gasteiger partial charge in [-0.3, -0.25) is 0 Å². The number of ether oxygens (including phenoxy) is 2. The van der Waals surface area contributed by atoms with Crippen LogP contribution in [0.5, 0.6) is 11.8 Å². The van der Waals surface area contributed by atoms with E-state index in [1.165, 1.54) is 0 Å². The molecule has 0 saturated heterocycles. The topological polar surface area (TPSA) is 70.3 Å². The number of anilines is 1. The molecule has 0 fully saturated rings. The van der Waals surface area contributed by atoms with E-state index in [-0.39, 0.29) is 32.7 Å². The molecule has 91 valence electrons. The van der Waals surface area contributed by atoms with Crippen LogP contribution >= 0.6 is 0 Å². The molecule has 0 aliphatic rings. The molecule has 18 heavy (non-hydrogen) atoms. The SMILES string of the molecule is COc1ccc(-c2c[c-]c(N)cn2)c(OC)n1.[Y]. The van der Waals surface area contributed by atoms with Crippen LogP contribution in [0.15, 0.2) is 24.4 Å². The third-order valence-corrected chi connectivity index (χ3v) is 2.23. The zero-order valence-corrected chi connectivity index (χ0v) is 13.0. The zero-order valence-electron chi connectivity index (χ0n) is 10.2. The van der Waals surface area contributed by atoms with Gasteiger partial charge in [0.15, 0.2) is 0 Å². The Morgan fingerprint density at radius 3 is 2.56 bits per heavy atom. The van der Waals surface area contributed by atoms with E-state index >= 15 is 0 Å². The summed E-state index contributed by atoms with van der Waals surface area (Å²) in [6.07, 6.45) is 1.54.